The molecule has 142 valence electrons. The first kappa shape index (κ1) is 17.6. The van der Waals surface area contributed by atoms with Crippen LogP contribution in [-0.4, -0.2) is 30.2 Å². The van der Waals surface area contributed by atoms with Crippen LogP contribution in [0, 0.1) is 10.1 Å². The number of nitrogens with one attached hydrogen (secondary N) is 1. The SMILES string of the molecule is O=C(Cn1nc(-c2cccnc2)n(C2CC2)c1=O)Nc1ccc([N+](=O)[O-])cc1. The number of rotatable bonds is 6. The summed E-state index contributed by atoms with van der Waals surface area (Å²) in [5, 5.41) is 17.6. The second kappa shape index (κ2) is 7.06. The molecular weight excluding hydrogens is 364 g/mol. The summed E-state index contributed by atoms with van der Waals surface area (Å²) < 4.78 is 2.73. The summed E-state index contributed by atoms with van der Waals surface area (Å²) in [6, 6.07) is 9.13. The molecule has 1 aliphatic carbocycles. The molecule has 0 saturated heterocycles. The van der Waals surface area contributed by atoms with E-state index in [1.807, 2.05) is 6.07 Å². The Morgan fingerprint density at radius 1 is 1.25 bits per heavy atom. The van der Waals surface area contributed by atoms with Crippen molar-refractivity contribution in [3.8, 4) is 11.4 Å². The predicted octanol–water partition coefficient (Wildman–Crippen LogP) is 1.99. The standard InChI is InChI=1S/C18H16N6O4/c25-16(20-13-3-5-15(6-4-13)24(27)28)11-22-18(26)23(14-7-8-14)17(21-22)12-2-1-9-19-10-12/h1-6,9-10,14H,7-8,11H2,(H,20,25). The van der Waals surface area contributed by atoms with Crippen molar-refractivity contribution in [2.75, 3.05) is 5.32 Å². The van der Waals surface area contributed by atoms with E-state index in [1.54, 1.807) is 23.0 Å². The van der Waals surface area contributed by atoms with Crippen LogP contribution in [-0.2, 0) is 11.3 Å². The number of carbonyl (C=O) groups is 1. The first-order valence-electron chi connectivity index (χ1n) is 8.67. The molecule has 2 aromatic heterocycles. The number of anilines is 1. The van der Waals surface area contributed by atoms with Crippen molar-refractivity contribution >= 4 is 17.3 Å². The smallest absolute Gasteiger partial charge is 0.324 e. The summed E-state index contributed by atoms with van der Waals surface area (Å²) in [4.78, 5) is 39.3. The van der Waals surface area contributed by atoms with Gasteiger partial charge in [-0.25, -0.2) is 9.48 Å². The molecule has 1 amide bonds. The summed E-state index contributed by atoms with van der Waals surface area (Å²) in [7, 11) is 0. The van der Waals surface area contributed by atoms with Crippen LogP contribution >= 0.6 is 0 Å². The van der Waals surface area contributed by atoms with E-state index < -0.39 is 10.8 Å². The largest absolute Gasteiger partial charge is 0.346 e. The van der Waals surface area contributed by atoms with Crippen molar-refractivity contribution in [2.24, 2.45) is 0 Å². The molecule has 1 aliphatic rings. The molecule has 3 aromatic rings. The molecule has 0 aliphatic heterocycles. The molecule has 10 heteroatoms. The number of nitrogens with zero attached hydrogens (tertiary/aromatic N) is 5. The van der Waals surface area contributed by atoms with Gasteiger partial charge in [-0.05, 0) is 37.1 Å². The fourth-order valence-electron chi connectivity index (χ4n) is 2.88. The molecule has 10 nitrogen and oxygen atoms in total. The number of benzene rings is 1. The minimum Gasteiger partial charge on any atom is -0.324 e. The minimum atomic E-state index is -0.518. The van der Waals surface area contributed by atoms with Gasteiger partial charge in [-0.1, -0.05) is 0 Å². The van der Waals surface area contributed by atoms with Crippen molar-refractivity contribution in [3.05, 3.63) is 69.4 Å². The van der Waals surface area contributed by atoms with Gasteiger partial charge in [0, 0.05) is 41.8 Å². The molecule has 2 heterocycles. The molecule has 1 saturated carbocycles. The number of nitro benzene ring substituents is 1. The molecule has 1 aromatic carbocycles. The zero-order valence-corrected chi connectivity index (χ0v) is 14.7. The molecule has 0 radical (unpaired) electrons. The van der Waals surface area contributed by atoms with Gasteiger partial charge in [0.15, 0.2) is 5.82 Å². The second-order valence-corrected chi connectivity index (χ2v) is 6.46. The number of nitro groups is 1. The molecule has 0 bridgehead atoms. The first-order chi connectivity index (χ1) is 13.5. The average molecular weight is 380 g/mol. The van der Waals surface area contributed by atoms with E-state index in [2.05, 4.69) is 15.4 Å². The monoisotopic (exact) mass is 380 g/mol. The van der Waals surface area contributed by atoms with Crippen LogP contribution in [0.5, 0.6) is 0 Å². The van der Waals surface area contributed by atoms with Crippen molar-refractivity contribution in [1.29, 1.82) is 0 Å². The summed E-state index contributed by atoms with van der Waals surface area (Å²) in [5.74, 6) is 0.0397. The van der Waals surface area contributed by atoms with Crippen LogP contribution in [0.1, 0.15) is 18.9 Å². The fourth-order valence-corrected chi connectivity index (χ4v) is 2.88. The topological polar surface area (TPSA) is 125 Å². The minimum absolute atomic E-state index is 0.0708. The first-order valence-corrected chi connectivity index (χ1v) is 8.67. The van der Waals surface area contributed by atoms with Gasteiger partial charge in [-0.15, -0.1) is 5.10 Å². The van der Waals surface area contributed by atoms with Crippen LogP contribution in [0.2, 0.25) is 0 Å². The number of pyridine rings is 1. The second-order valence-electron chi connectivity index (χ2n) is 6.46. The van der Waals surface area contributed by atoms with E-state index in [0.29, 0.717) is 17.1 Å². The average Bonchev–Trinajstić information content (AvgIpc) is 3.47. The molecular formula is C18H16N6O4. The number of carbonyl (C=O) groups excluding carboxylic acids is 1. The highest BCUT2D eigenvalue weighted by molar-refractivity contribution is 5.90. The summed E-state index contributed by atoms with van der Waals surface area (Å²) >= 11 is 0. The van der Waals surface area contributed by atoms with Crippen molar-refractivity contribution in [3.63, 3.8) is 0 Å². The van der Waals surface area contributed by atoms with Gasteiger partial charge >= 0.3 is 5.69 Å². The van der Waals surface area contributed by atoms with Gasteiger partial charge in [-0.3, -0.25) is 24.5 Å². The number of hydrogen-bond donors (Lipinski definition) is 1. The van der Waals surface area contributed by atoms with Crippen LogP contribution < -0.4 is 11.0 Å². The van der Waals surface area contributed by atoms with Crippen LogP contribution in [0.3, 0.4) is 0 Å². The quantitative estimate of drug-likeness (QED) is 0.515. The van der Waals surface area contributed by atoms with E-state index in [4.69, 9.17) is 0 Å². The third kappa shape index (κ3) is 3.52. The lowest BCUT2D eigenvalue weighted by Crippen LogP contribution is -2.30. The van der Waals surface area contributed by atoms with Crippen molar-refractivity contribution in [1.82, 2.24) is 19.3 Å². The third-order valence-corrected chi connectivity index (χ3v) is 4.36. The zero-order chi connectivity index (χ0) is 19.7. The zero-order valence-electron chi connectivity index (χ0n) is 14.7. The number of non-ortho nitro benzene ring substituents is 1. The van der Waals surface area contributed by atoms with Gasteiger partial charge in [0.2, 0.25) is 5.91 Å². The molecule has 0 atom stereocenters. The Labute approximate surface area is 158 Å². The highest BCUT2D eigenvalue weighted by Gasteiger charge is 2.30. The van der Waals surface area contributed by atoms with Gasteiger partial charge in [0.05, 0.1) is 4.92 Å². The maximum atomic E-state index is 12.7. The molecule has 1 N–H and O–H groups in total. The summed E-state index contributed by atoms with van der Waals surface area (Å²) in [6.45, 7) is -0.261. The molecule has 0 unspecified atom stereocenters. The maximum absolute atomic E-state index is 12.7. The lowest BCUT2D eigenvalue weighted by Gasteiger charge is -2.04. The van der Waals surface area contributed by atoms with Gasteiger partial charge in [0.25, 0.3) is 5.69 Å². The number of aromatic nitrogens is 4. The highest BCUT2D eigenvalue weighted by atomic mass is 16.6. The van der Waals surface area contributed by atoms with Gasteiger partial charge < -0.3 is 5.32 Å². The number of amides is 1. The normalized spacial score (nSPS) is 13.3. The highest BCUT2D eigenvalue weighted by Crippen LogP contribution is 2.36. The van der Waals surface area contributed by atoms with E-state index in [9.17, 15) is 19.7 Å². The summed E-state index contributed by atoms with van der Waals surface area (Å²) in [5.41, 5.74) is 0.692. The predicted molar refractivity (Wildman–Crippen MR) is 99.7 cm³/mol. The Hall–Kier alpha value is -3.82. The lowest BCUT2D eigenvalue weighted by atomic mass is 10.3. The van der Waals surface area contributed by atoms with E-state index >= 15 is 0 Å². The van der Waals surface area contributed by atoms with Crippen molar-refractivity contribution in [2.45, 2.75) is 25.4 Å². The van der Waals surface area contributed by atoms with E-state index in [0.717, 1.165) is 17.5 Å². The Balaban J connectivity index is 1.55. The molecule has 1 fully saturated rings. The Bertz CT molecular complexity index is 1080. The molecule has 0 spiro atoms. The van der Waals surface area contributed by atoms with Crippen molar-refractivity contribution < 1.29 is 9.72 Å². The Morgan fingerprint density at radius 2 is 2.00 bits per heavy atom. The Morgan fingerprint density at radius 3 is 2.61 bits per heavy atom. The lowest BCUT2D eigenvalue weighted by molar-refractivity contribution is -0.384. The molecule has 28 heavy (non-hydrogen) atoms. The fraction of sp³-hybridized carbons (Fsp3) is 0.222. The van der Waals surface area contributed by atoms with Crippen LogP contribution in [0.4, 0.5) is 11.4 Å². The van der Waals surface area contributed by atoms with Crippen LogP contribution in [0.15, 0.2) is 53.6 Å². The third-order valence-electron chi connectivity index (χ3n) is 4.36. The Kier molecular flexibility index (Phi) is 4.44. The van der Waals surface area contributed by atoms with Crippen LogP contribution in [0.25, 0.3) is 11.4 Å². The molecule has 4 rings (SSSR count). The number of hydrogen-bond acceptors (Lipinski definition) is 6. The summed E-state index contributed by atoms with van der Waals surface area (Å²) in [6.07, 6.45) is 5.06. The maximum Gasteiger partial charge on any atom is 0.346 e. The van der Waals surface area contributed by atoms with Gasteiger partial charge in [0.1, 0.15) is 6.54 Å². The van der Waals surface area contributed by atoms with E-state index in [1.165, 1.54) is 24.3 Å². The van der Waals surface area contributed by atoms with E-state index in [-0.39, 0.29) is 24.0 Å². The van der Waals surface area contributed by atoms with Gasteiger partial charge in [-0.2, -0.15) is 0 Å².